The van der Waals surface area contributed by atoms with Crippen LogP contribution in [0.15, 0.2) is 12.1 Å². The molecule has 1 heterocycles. The van der Waals surface area contributed by atoms with Gasteiger partial charge < -0.3 is 19.1 Å². The van der Waals surface area contributed by atoms with E-state index in [-0.39, 0.29) is 28.6 Å². The van der Waals surface area contributed by atoms with E-state index in [1.165, 1.54) is 44.9 Å². The molecule has 0 aromatic heterocycles. The maximum absolute atomic E-state index is 13.6. The number of carbonyl (C=O) groups excluding carboxylic acids is 1. The molecule has 1 aromatic carbocycles. The van der Waals surface area contributed by atoms with Crippen molar-refractivity contribution in [2.75, 3.05) is 38.0 Å². The molecule has 2 atom stereocenters. The number of nitro benzene ring substituents is 1. The Hall–Kier alpha value is -1.52. The summed E-state index contributed by atoms with van der Waals surface area (Å²) in [6, 6.07) is 2.67. The lowest BCUT2D eigenvalue weighted by Gasteiger charge is -2.31. The van der Waals surface area contributed by atoms with Crippen molar-refractivity contribution in [2.24, 2.45) is 0 Å². The largest absolute Gasteiger partial charge is 0.493 e. The van der Waals surface area contributed by atoms with E-state index < -0.39 is 4.92 Å². The second-order valence-corrected chi connectivity index (χ2v) is 10.9. The van der Waals surface area contributed by atoms with Crippen molar-refractivity contribution in [3.05, 3.63) is 27.8 Å². The third-order valence-corrected chi connectivity index (χ3v) is 7.95. The van der Waals surface area contributed by atoms with Gasteiger partial charge >= 0.3 is 0 Å². The molecular weight excluding hydrogens is 548 g/mol. The van der Waals surface area contributed by atoms with E-state index in [0.717, 1.165) is 43.2 Å². The summed E-state index contributed by atoms with van der Waals surface area (Å²) in [6.07, 6.45) is 9.60. The van der Waals surface area contributed by atoms with Gasteiger partial charge in [-0.15, -0.1) is 11.8 Å². The van der Waals surface area contributed by atoms with Gasteiger partial charge in [-0.05, 0) is 38.4 Å². The fourth-order valence-corrected chi connectivity index (χ4v) is 5.95. The lowest BCUT2D eigenvalue weighted by molar-refractivity contribution is -0.385. The Morgan fingerprint density at radius 1 is 1.17 bits per heavy atom. The van der Waals surface area contributed by atoms with Gasteiger partial charge in [-0.1, -0.05) is 55.0 Å². The molecule has 1 saturated heterocycles. The van der Waals surface area contributed by atoms with E-state index in [9.17, 15) is 14.9 Å². The number of rotatable bonds is 18. The second-order valence-electron chi connectivity index (χ2n) is 8.78. The van der Waals surface area contributed by atoms with E-state index in [0.29, 0.717) is 31.3 Å². The van der Waals surface area contributed by atoms with Gasteiger partial charge in [0.1, 0.15) is 11.0 Å². The molecule has 0 bridgehead atoms. The Morgan fingerprint density at radius 2 is 1.86 bits per heavy atom. The van der Waals surface area contributed by atoms with Crippen LogP contribution in [0.25, 0.3) is 0 Å². The molecule has 36 heavy (non-hydrogen) atoms. The van der Waals surface area contributed by atoms with E-state index in [1.807, 2.05) is 6.92 Å². The molecule has 0 spiro atoms. The summed E-state index contributed by atoms with van der Waals surface area (Å²) in [5.41, 5.74) is -0.389. The molecule has 1 aromatic rings. The third kappa shape index (κ3) is 9.10. The molecule has 0 aliphatic carbocycles. The van der Waals surface area contributed by atoms with Crippen molar-refractivity contribution < 1.29 is 23.9 Å². The van der Waals surface area contributed by atoms with Gasteiger partial charge in [-0.3, -0.25) is 14.9 Å². The van der Waals surface area contributed by atoms with Crippen molar-refractivity contribution in [1.29, 1.82) is 0 Å². The number of alkyl halides is 1. The Bertz CT molecular complexity index is 822. The van der Waals surface area contributed by atoms with Crippen LogP contribution in [-0.4, -0.2) is 65.2 Å². The maximum atomic E-state index is 13.6. The predicted octanol–water partition coefficient (Wildman–Crippen LogP) is 6.83. The Labute approximate surface area is 228 Å². The predicted molar refractivity (Wildman–Crippen MR) is 149 cm³/mol. The van der Waals surface area contributed by atoms with Crippen molar-refractivity contribution in [3.8, 4) is 11.5 Å². The van der Waals surface area contributed by atoms with Crippen LogP contribution in [0, 0.1) is 10.1 Å². The van der Waals surface area contributed by atoms with Crippen molar-refractivity contribution >= 4 is 39.3 Å². The van der Waals surface area contributed by atoms with Crippen molar-refractivity contribution in [3.63, 3.8) is 0 Å². The minimum atomic E-state index is -0.516. The Morgan fingerprint density at radius 3 is 2.47 bits per heavy atom. The molecule has 1 aliphatic heterocycles. The fraction of sp³-hybridized carbons (Fsp3) is 0.731. The highest BCUT2D eigenvalue weighted by molar-refractivity contribution is 9.09. The second kappa shape index (κ2) is 17.1. The number of likely N-dealkylation sites (tertiary alicyclic amines) is 1. The standard InChI is InChI=1S/C26H41BrN2O6S/c1-4-34-26(36-5-2)21-14-13-16-28(21)25(30)20-18-23(33-3)24(19-22(20)29(31)32)35-17-12-10-8-6-7-9-11-15-27/h18-19,21,26H,4-17H2,1-3H3. The highest BCUT2D eigenvalue weighted by atomic mass is 79.9. The monoisotopic (exact) mass is 588 g/mol. The smallest absolute Gasteiger partial charge is 0.286 e. The highest BCUT2D eigenvalue weighted by Gasteiger charge is 2.38. The van der Waals surface area contributed by atoms with E-state index >= 15 is 0 Å². The number of nitro groups is 1. The number of amides is 1. The Kier molecular flexibility index (Phi) is 14.6. The zero-order valence-corrected chi connectivity index (χ0v) is 24.2. The number of thioether (sulfide) groups is 1. The molecule has 204 valence electrons. The zero-order valence-electron chi connectivity index (χ0n) is 21.8. The molecule has 0 radical (unpaired) electrons. The number of halogens is 1. The van der Waals surface area contributed by atoms with Gasteiger partial charge in [-0.25, -0.2) is 0 Å². The molecule has 2 rings (SSSR count). The number of benzene rings is 1. The third-order valence-electron chi connectivity index (χ3n) is 6.28. The topological polar surface area (TPSA) is 91.1 Å². The van der Waals surface area contributed by atoms with Crippen molar-refractivity contribution in [2.45, 2.75) is 83.1 Å². The summed E-state index contributed by atoms with van der Waals surface area (Å²) in [5, 5.41) is 13.0. The number of ether oxygens (including phenoxy) is 3. The van der Waals surface area contributed by atoms with Crippen LogP contribution in [0.2, 0.25) is 0 Å². The molecule has 0 N–H and O–H groups in total. The van der Waals surface area contributed by atoms with Gasteiger partial charge in [0.05, 0.1) is 30.7 Å². The van der Waals surface area contributed by atoms with Gasteiger partial charge in [0, 0.05) is 24.5 Å². The summed E-state index contributed by atoms with van der Waals surface area (Å²) in [4.78, 5) is 26.7. The van der Waals surface area contributed by atoms with Crippen molar-refractivity contribution in [1.82, 2.24) is 4.90 Å². The number of methoxy groups -OCH3 is 1. The van der Waals surface area contributed by atoms with Crippen LogP contribution in [0.3, 0.4) is 0 Å². The summed E-state index contributed by atoms with van der Waals surface area (Å²) < 4.78 is 17.2. The molecule has 10 heteroatoms. The van der Waals surface area contributed by atoms with Gasteiger partial charge in [0.2, 0.25) is 0 Å². The summed E-state index contributed by atoms with van der Waals surface area (Å²) in [5.74, 6) is 1.12. The summed E-state index contributed by atoms with van der Waals surface area (Å²) in [6.45, 7) is 5.53. The number of hydrogen-bond donors (Lipinski definition) is 0. The van der Waals surface area contributed by atoms with E-state index in [4.69, 9.17) is 14.2 Å². The van der Waals surface area contributed by atoms with Crippen LogP contribution < -0.4 is 9.47 Å². The average Bonchev–Trinajstić information content (AvgIpc) is 3.36. The van der Waals surface area contributed by atoms with Crippen LogP contribution in [0.5, 0.6) is 11.5 Å². The molecule has 0 saturated carbocycles. The van der Waals surface area contributed by atoms with E-state index in [2.05, 4.69) is 22.9 Å². The zero-order chi connectivity index (χ0) is 26.3. The van der Waals surface area contributed by atoms with Gasteiger partial charge in [0.25, 0.3) is 11.6 Å². The molecule has 1 aliphatic rings. The van der Waals surface area contributed by atoms with Gasteiger partial charge in [0.15, 0.2) is 11.5 Å². The van der Waals surface area contributed by atoms with Crippen LogP contribution in [-0.2, 0) is 4.74 Å². The fourth-order valence-electron chi connectivity index (χ4n) is 4.49. The molecule has 1 amide bonds. The summed E-state index contributed by atoms with van der Waals surface area (Å²) >= 11 is 5.11. The maximum Gasteiger partial charge on any atom is 0.286 e. The first-order valence-electron chi connectivity index (χ1n) is 13.1. The molecule has 8 nitrogen and oxygen atoms in total. The number of carbonyl (C=O) groups is 1. The number of unbranched alkanes of at least 4 members (excludes halogenated alkanes) is 6. The molecular formula is C26H41BrN2O6S. The lowest BCUT2D eigenvalue weighted by atomic mass is 10.1. The number of nitrogens with zero attached hydrogens (tertiary/aromatic N) is 2. The van der Waals surface area contributed by atoms with Crippen LogP contribution >= 0.6 is 27.7 Å². The molecule has 1 fully saturated rings. The first-order chi connectivity index (χ1) is 17.5. The number of hydrogen-bond acceptors (Lipinski definition) is 7. The first-order valence-corrected chi connectivity index (χ1v) is 15.2. The average molecular weight is 590 g/mol. The minimum absolute atomic E-state index is 0.0244. The first kappa shape index (κ1) is 30.7. The quantitative estimate of drug-likeness (QED) is 0.0610. The van der Waals surface area contributed by atoms with Gasteiger partial charge in [-0.2, -0.15) is 0 Å². The van der Waals surface area contributed by atoms with Crippen LogP contribution in [0.4, 0.5) is 5.69 Å². The molecule has 2 unspecified atom stereocenters. The normalized spacial score (nSPS) is 16.2. The van der Waals surface area contributed by atoms with E-state index in [1.54, 1.807) is 16.7 Å². The minimum Gasteiger partial charge on any atom is -0.493 e. The summed E-state index contributed by atoms with van der Waals surface area (Å²) in [7, 11) is 1.48. The lowest BCUT2D eigenvalue weighted by Crippen LogP contribution is -2.43. The highest BCUT2D eigenvalue weighted by Crippen LogP contribution is 2.37. The Balaban J connectivity index is 2.10. The van der Waals surface area contributed by atoms with Crippen LogP contribution in [0.1, 0.15) is 82.0 Å². The SMILES string of the molecule is CCOC(SCC)C1CCCN1C(=O)c1cc(OC)c(OCCCCCCCCCBr)cc1[N+](=O)[O-].